The van der Waals surface area contributed by atoms with Crippen molar-refractivity contribution < 1.29 is 29.0 Å². The van der Waals surface area contributed by atoms with Crippen molar-refractivity contribution in [3.63, 3.8) is 0 Å². The van der Waals surface area contributed by atoms with Crippen molar-refractivity contribution in [2.75, 3.05) is 5.33 Å². The van der Waals surface area contributed by atoms with Crippen molar-refractivity contribution >= 4 is 33.8 Å². The number of halogens is 1. The number of carbonyl (C=O) groups excluding carboxylic acids is 2. The Balaban J connectivity index is 1.89. The van der Waals surface area contributed by atoms with Crippen LogP contribution in [-0.4, -0.2) is 40.6 Å². The number of carbonyl (C=O) groups is 3. The first-order valence-electron chi connectivity index (χ1n) is 5.73. The van der Waals surface area contributed by atoms with Crippen LogP contribution in [0.5, 0.6) is 0 Å². The number of carboxylic acids is 1. The number of carboxylic acid groups (broad SMARTS) is 1. The van der Waals surface area contributed by atoms with Gasteiger partial charge >= 0.3 is 17.9 Å². The number of rotatable bonds is 3. The standard InChI is InChI=1S/C11H11BrO6/c12-2-5(13)17-8-3-1-4-7(6(3)10(14)15)11(16)18-9(4)8/h3-4,6-9H,1-2H2,(H,14,15). The molecule has 0 radical (unpaired) electrons. The Kier molecular flexibility index (Phi) is 2.62. The predicted molar refractivity (Wildman–Crippen MR) is 59.8 cm³/mol. The topological polar surface area (TPSA) is 89.9 Å². The van der Waals surface area contributed by atoms with Crippen LogP contribution >= 0.6 is 15.9 Å². The maximum absolute atomic E-state index is 11.7. The molecule has 1 heterocycles. The van der Waals surface area contributed by atoms with Crippen molar-refractivity contribution in [3.05, 3.63) is 0 Å². The molecule has 0 aromatic rings. The summed E-state index contributed by atoms with van der Waals surface area (Å²) in [7, 11) is 0. The molecule has 2 bridgehead atoms. The summed E-state index contributed by atoms with van der Waals surface area (Å²) in [5, 5.41) is 9.27. The number of alkyl halides is 1. The number of fused-ring (bicyclic) bond motifs is 1. The van der Waals surface area contributed by atoms with Gasteiger partial charge in [-0.25, -0.2) is 0 Å². The van der Waals surface area contributed by atoms with E-state index in [1.807, 2.05) is 0 Å². The van der Waals surface area contributed by atoms with Crippen LogP contribution in [-0.2, 0) is 23.9 Å². The van der Waals surface area contributed by atoms with Gasteiger partial charge in [-0.1, -0.05) is 15.9 Å². The van der Waals surface area contributed by atoms with Gasteiger partial charge in [-0.05, 0) is 6.42 Å². The minimum atomic E-state index is -1.01. The Morgan fingerprint density at radius 2 is 2.17 bits per heavy atom. The molecule has 18 heavy (non-hydrogen) atoms. The summed E-state index contributed by atoms with van der Waals surface area (Å²) in [4.78, 5) is 34.3. The fourth-order valence-corrected chi connectivity index (χ4v) is 3.80. The summed E-state index contributed by atoms with van der Waals surface area (Å²) in [6.45, 7) is 0. The molecule has 6 unspecified atom stereocenters. The Labute approximate surface area is 111 Å². The molecule has 3 fully saturated rings. The van der Waals surface area contributed by atoms with E-state index in [2.05, 4.69) is 15.9 Å². The molecule has 98 valence electrons. The van der Waals surface area contributed by atoms with E-state index in [-0.39, 0.29) is 17.2 Å². The molecule has 0 aromatic heterocycles. The molecule has 1 N–H and O–H groups in total. The van der Waals surface area contributed by atoms with Crippen molar-refractivity contribution in [1.82, 2.24) is 0 Å². The van der Waals surface area contributed by atoms with Crippen LogP contribution in [0.2, 0.25) is 0 Å². The average molecular weight is 319 g/mol. The summed E-state index contributed by atoms with van der Waals surface area (Å²) < 4.78 is 10.4. The van der Waals surface area contributed by atoms with Gasteiger partial charge in [-0.3, -0.25) is 14.4 Å². The maximum atomic E-state index is 11.7. The van der Waals surface area contributed by atoms with E-state index in [1.165, 1.54) is 0 Å². The first-order valence-corrected chi connectivity index (χ1v) is 6.85. The Hall–Kier alpha value is -1.11. The largest absolute Gasteiger partial charge is 0.481 e. The van der Waals surface area contributed by atoms with E-state index < -0.39 is 42.0 Å². The van der Waals surface area contributed by atoms with Crippen LogP contribution in [0.1, 0.15) is 6.42 Å². The quantitative estimate of drug-likeness (QED) is 0.590. The highest BCUT2D eigenvalue weighted by Crippen LogP contribution is 2.58. The van der Waals surface area contributed by atoms with Crippen LogP contribution < -0.4 is 0 Å². The Bertz CT molecular complexity index is 435. The molecule has 0 spiro atoms. The average Bonchev–Trinajstić information content (AvgIpc) is 2.91. The molecular formula is C11H11BrO6. The Morgan fingerprint density at radius 3 is 2.78 bits per heavy atom. The maximum Gasteiger partial charge on any atom is 0.316 e. The highest BCUT2D eigenvalue weighted by molar-refractivity contribution is 9.09. The van der Waals surface area contributed by atoms with E-state index in [9.17, 15) is 19.5 Å². The van der Waals surface area contributed by atoms with Crippen molar-refractivity contribution in [2.45, 2.75) is 18.6 Å². The predicted octanol–water partition coefficient (Wildman–Crippen LogP) is 0.185. The second-order valence-corrected chi connectivity index (χ2v) is 5.50. The zero-order valence-electron chi connectivity index (χ0n) is 9.24. The van der Waals surface area contributed by atoms with E-state index >= 15 is 0 Å². The number of aliphatic carboxylic acids is 1. The fourth-order valence-electron chi connectivity index (χ4n) is 3.67. The molecule has 0 amide bonds. The first kappa shape index (κ1) is 12.0. The van der Waals surface area contributed by atoms with Gasteiger partial charge in [-0.2, -0.15) is 0 Å². The molecular weight excluding hydrogens is 308 g/mol. The van der Waals surface area contributed by atoms with Gasteiger partial charge in [0.2, 0.25) is 0 Å². The monoisotopic (exact) mass is 318 g/mol. The van der Waals surface area contributed by atoms with Crippen LogP contribution in [0.15, 0.2) is 0 Å². The van der Waals surface area contributed by atoms with E-state index in [0.717, 1.165) is 0 Å². The molecule has 6 nitrogen and oxygen atoms in total. The van der Waals surface area contributed by atoms with E-state index in [0.29, 0.717) is 6.42 Å². The molecule has 3 aliphatic rings. The fraction of sp³-hybridized carbons (Fsp3) is 0.727. The van der Waals surface area contributed by atoms with Gasteiger partial charge in [0.15, 0.2) is 0 Å². The van der Waals surface area contributed by atoms with Crippen LogP contribution in [0.3, 0.4) is 0 Å². The molecule has 3 rings (SSSR count). The van der Waals surface area contributed by atoms with Gasteiger partial charge in [0, 0.05) is 11.8 Å². The smallest absolute Gasteiger partial charge is 0.316 e. The number of ether oxygens (including phenoxy) is 2. The zero-order valence-corrected chi connectivity index (χ0v) is 10.8. The summed E-state index contributed by atoms with van der Waals surface area (Å²) in [5.41, 5.74) is 0. The highest BCUT2D eigenvalue weighted by atomic mass is 79.9. The number of esters is 2. The second kappa shape index (κ2) is 3.94. The van der Waals surface area contributed by atoms with Crippen molar-refractivity contribution in [1.29, 1.82) is 0 Å². The van der Waals surface area contributed by atoms with Crippen molar-refractivity contribution in [3.8, 4) is 0 Å². The Morgan fingerprint density at radius 1 is 1.44 bits per heavy atom. The second-order valence-electron chi connectivity index (χ2n) is 4.94. The number of hydrogen-bond acceptors (Lipinski definition) is 5. The lowest BCUT2D eigenvalue weighted by Crippen LogP contribution is -2.43. The normalized spacial score (nSPS) is 43.9. The summed E-state index contributed by atoms with van der Waals surface area (Å²) in [5.74, 6) is -3.70. The molecule has 6 atom stereocenters. The lowest BCUT2D eigenvalue weighted by molar-refractivity contribution is -0.161. The van der Waals surface area contributed by atoms with Gasteiger partial charge in [0.25, 0.3) is 0 Å². The molecule has 2 aliphatic carbocycles. The SMILES string of the molecule is O=C(CBr)OC1C2CC3C1OC(=O)C3C2C(=O)O. The van der Waals surface area contributed by atoms with Crippen molar-refractivity contribution in [2.24, 2.45) is 23.7 Å². The first-order chi connectivity index (χ1) is 8.54. The summed E-state index contributed by atoms with van der Waals surface area (Å²) >= 11 is 2.98. The lowest BCUT2D eigenvalue weighted by Gasteiger charge is -2.28. The van der Waals surface area contributed by atoms with E-state index in [4.69, 9.17) is 9.47 Å². The van der Waals surface area contributed by atoms with Gasteiger partial charge in [-0.15, -0.1) is 0 Å². The number of hydrogen-bond donors (Lipinski definition) is 1. The third-order valence-corrected chi connectivity index (χ3v) is 4.67. The molecule has 7 heteroatoms. The minimum Gasteiger partial charge on any atom is -0.481 e. The van der Waals surface area contributed by atoms with Gasteiger partial charge in [0.1, 0.15) is 17.5 Å². The van der Waals surface area contributed by atoms with Gasteiger partial charge < -0.3 is 14.6 Å². The van der Waals surface area contributed by atoms with Crippen LogP contribution in [0, 0.1) is 23.7 Å². The summed E-state index contributed by atoms with van der Waals surface area (Å²) in [6.07, 6.45) is -0.479. The lowest BCUT2D eigenvalue weighted by atomic mass is 9.78. The molecule has 0 aromatic carbocycles. The van der Waals surface area contributed by atoms with Crippen LogP contribution in [0.4, 0.5) is 0 Å². The minimum absolute atomic E-state index is 0.0444. The third kappa shape index (κ3) is 1.43. The molecule has 2 saturated carbocycles. The molecule has 1 saturated heterocycles. The molecule has 1 aliphatic heterocycles. The third-order valence-electron chi connectivity index (χ3n) is 4.21. The van der Waals surface area contributed by atoms with Gasteiger partial charge in [0.05, 0.1) is 11.8 Å². The zero-order chi connectivity index (χ0) is 13.0. The summed E-state index contributed by atoms with van der Waals surface area (Å²) in [6, 6.07) is 0. The van der Waals surface area contributed by atoms with E-state index in [1.54, 1.807) is 0 Å². The van der Waals surface area contributed by atoms with Crippen LogP contribution in [0.25, 0.3) is 0 Å². The highest BCUT2D eigenvalue weighted by Gasteiger charge is 2.69.